The molecule has 1 fully saturated rings. The number of carbonyl (C=O) groups is 1. The summed E-state index contributed by atoms with van der Waals surface area (Å²) in [6, 6.07) is 14.9. The van der Waals surface area contributed by atoms with Crippen molar-refractivity contribution in [2.24, 2.45) is 5.41 Å². The zero-order valence-corrected chi connectivity index (χ0v) is 24.9. The Kier molecular flexibility index (Phi) is 8.92. The minimum absolute atomic E-state index is 0. The Morgan fingerprint density at radius 2 is 1.77 bits per heavy atom. The van der Waals surface area contributed by atoms with Crippen LogP contribution in [0.2, 0.25) is 0 Å². The maximum Gasteiger partial charge on any atom is 0.254 e. The lowest BCUT2D eigenvalue weighted by molar-refractivity contribution is 0.0690. The van der Waals surface area contributed by atoms with E-state index in [9.17, 15) is 9.00 Å². The number of hydrogen-bond donors (Lipinski definition) is 2. The summed E-state index contributed by atoms with van der Waals surface area (Å²) < 4.78 is 22.8. The predicted molar refractivity (Wildman–Crippen MR) is 163 cm³/mol. The summed E-state index contributed by atoms with van der Waals surface area (Å²) in [7, 11) is -1.66. The molecule has 0 spiro atoms. The van der Waals surface area contributed by atoms with Crippen LogP contribution in [-0.4, -0.2) is 68.7 Å². The summed E-state index contributed by atoms with van der Waals surface area (Å²) in [5, 5.41) is 0. The van der Waals surface area contributed by atoms with Crippen LogP contribution in [0.1, 0.15) is 51.5 Å². The third-order valence-electron chi connectivity index (χ3n) is 7.24. The first-order valence-electron chi connectivity index (χ1n) is 13.5. The van der Waals surface area contributed by atoms with Gasteiger partial charge in [-0.25, -0.2) is 9.19 Å². The van der Waals surface area contributed by atoms with Gasteiger partial charge in [-0.1, -0.05) is 45.0 Å². The molecular weight excluding hydrogens is 524 g/mol. The van der Waals surface area contributed by atoms with Crippen molar-refractivity contribution in [3.05, 3.63) is 65.2 Å². The van der Waals surface area contributed by atoms with E-state index in [1.807, 2.05) is 43.0 Å². The van der Waals surface area contributed by atoms with Crippen molar-refractivity contribution in [2.75, 3.05) is 37.4 Å². The fourth-order valence-corrected chi connectivity index (χ4v) is 5.92. The highest BCUT2D eigenvalue weighted by Crippen LogP contribution is 2.30. The van der Waals surface area contributed by atoms with Crippen molar-refractivity contribution in [1.29, 1.82) is 0 Å². The Hall–Kier alpha value is -3.34. The van der Waals surface area contributed by atoms with E-state index in [0.717, 1.165) is 36.2 Å². The Morgan fingerprint density at radius 3 is 2.50 bits per heavy atom. The van der Waals surface area contributed by atoms with Crippen molar-refractivity contribution < 1.29 is 16.6 Å². The smallest absolute Gasteiger partial charge is 0.254 e. The van der Waals surface area contributed by atoms with E-state index in [4.69, 9.17) is 9.72 Å². The second-order valence-electron chi connectivity index (χ2n) is 11.7. The number of ether oxygens (including phenoxy) is 1. The number of aromatic nitrogens is 2. The number of fused-ring (bicyclic) bond motifs is 6. The average Bonchev–Trinajstić information content (AvgIpc) is 3.08. The van der Waals surface area contributed by atoms with Crippen molar-refractivity contribution in [3.63, 3.8) is 0 Å². The fourth-order valence-electron chi connectivity index (χ4n) is 5.11. The predicted octanol–water partition coefficient (Wildman–Crippen LogP) is 5.50. The van der Waals surface area contributed by atoms with Gasteiger partial charge >= 0.3 is 0 Å². The average molecular weight is 569 g/mol. The summed E-state index contributed by atoms with van der Waals surface area (Å²) in [5.74, 6) is 0.520. The van der Waals surface area contributed by atoms with Gasteiger partial charge in [0.05, 0.1) is 17.1 Å². The first kappa shape index (κ1) is 29.6. The molecule has 1 aromatic heterocycles. The molecule has 2 unspecified atom stereocenters. The number of hydrogen-bond acceptors (Lipinski definition) is 7. The third kappa shape index (κ3) is 6.86. The summed E-state index contributed by atoms with van der Waals surface area (Å²) in [6.07, 6.45) is 0.749. The minimum atomic E-state index is -1.66. The molecule has 40 heavy (non-hydrogen) atoms. The lowest BCUT2D eigenvalue weighted by atomic mass is 9.92. The van der Waals surface area contributed by atoms with Crippen LogP contribution in [0.4, 0.5) is 5.95 Å². The summed E-state index contributed by atoms with van der Waals surface area (Å²) in [5.41, 5.74) is 4.57. The normalized spacial score (nSPS) is 19.6. The van der Waals surface area contributed by atoms with Crippen LogP contribution < -0.4 is 15.6 Å². The molecule has 0 radical (unpaired) electrons. The highest BCUT2D eigenvalue weighted by molar-refractivity contribution is 7.86. The molecule has 2 atom stereocenters. The zero-order chi connectivity index (χ0) is 27.7. The molecule has 2 aliphatic rings. The van der Waals surface area contributed by atoms with Crippen LogP contribution >= 0.6 is 0 Å². The van der Waals surface area contributed by atoms with Crippen LogP contribution in [0.25, 0.3) is 11.3 Å². The number of amides is 1. The van der Waals surface area contributed by atoms with Gasteiger partial charge in [-0.3, -0.25) is 14.4 Å². The van der Waals surface area contributed by atoms with Crippen LogP contribution in [0.5, 0.6) is 5.88 Å². The Bertz CT molecular complexity index is 1400. The monoisotopic (exact) mass is 568 g/mol. The number of anilines is 1. The Morgan fingerprint density at radius 1 is 1.05 bits per heavy atom. The molecule has 2 aliphatic heterocycles. The van der Waals surface area contributed by atoms with Crippen LogP contribution in [-0.2, 0) is 11.0 Å². The van der Waals surface area contributed by atoms with E-state index in [0.29, 0.717) is 41.7 Å². The largest absolute Gasteiger partial charge is 0.471 e. The molecule has 6 bridgehead atoms. The van der Waals surface area contributed by atoms with E-state index in [2.05, 4.69) is 35.4 Å². The van der Waals surface area contributed by atoms with Gasteiger partial charge in [0.25, 0.3) is 5.91 Å². The van der Waals surface area contributed by atoms with Gasteiger partial charge in [0, 0.05) is 39.7 Å². The summed E-state index contributed by atoms with van der Waals surface area (Å²) in [6.45, 7) is 14.2. The maximum absolute atomic E-state index is 13.6. The highest BCUT2D eigenvalue weighted by Gasteiger charge is 2.30. The van der Waals surface area contributed by atoms with Gasteiger partial charge in [-0.15, -0.1) is 0 Å². The molecule has 218 valence electrons. The van der Waals surface area contributed by atoms with Crippen LogP contribution in [0.15, 0.2) is 53.4 Å². The third-order valence-corrected chi connectivity index (χ3v) is 8.29. The molecule has 10 heteroatoms. The van der Waals surface area contributed by atoms with E-state index >= 15 is 0 Å². The number of benzene rings is 2. The van der Waals surface area contributed by atoms with Gasteiger partial charge in [-0.05, 0) is 61.6 Å². The first-order chi connectivity index (χ1) is 18.6. The van der Waals surface area contributed by atoms with Gasteiger partial charge in [0.15, 0.2) is 11.0 Å². The molecular formula is C30H44N6O3S. The zero-order valence-electron chi connectivity index (χ0n) is 24.1. The SMILES string of the molecule is Cc1cccc(C)c1-c1cc2nc(n1)NS(=O)c1cccc(c1)C(=O)N1CCN(CCC(C)(C)C)CC(C1)O2.N.[HH].[HH]. The summed E-state index contributed by atoms with van der Waals surface area (Å²) >= 11 is 0. The van der Waals surface area contributed by atoms with E-state index in [1.54, 1.807) is 24.3 Å². The molecule has 1 amide bonds. The first-order valence-corrected chi connectivity index (χ1v) is 14.6. The van der Waals surface area contributed by atoms with Gasteiger partial charge in [0.1, 0.15) is 6.10 Å². The number of aryl methyl sites for hydroxylation is 2. The topological polar surface area (TPSA) is 123 Å². The molecule has 2 aromatic carbocycles. The summed E-state index contributed by atoms with van der Waals surface area (Å²) in [4.78, 5) is 27.7. The number of nitrogens with zero attached hydrogens (tertiary/aromatic N) is 4. The Labute approximate surface area is 242 Å². The van der Waals surface area contributed by atoms with E-state index in [-0.39, 0.29) is 32.4 Å². The molecule has 5 rings (SSSR count). The molecule has 1 saturated heterocycles. The Balaban J connectivity index is 0.00000205. The minimum Gasteiger partial charge on any atom is -0.471 e. The number of rotatable bonds is 3. The maximum atomic E-state index is 13.6. The number of nitrogens with one attached hydrogen (secondary N) is 1. The quantitative estimate of drug-likeness (QED) is 0.427. The van der Waals surface area contributed by atoms with Crippen LogP contribution in [0, 0.1) is 19.3 Å². The van der Waals surface area contributed by atoms with Gasteiger partial charge in [0.2, 0.25) is 11.8 Å². The van der Waals surface area contributed by atoms with Crippen molar-refractivity contribution >= 4 is 22.8 Å². The van der Waals surface area contributed by atoms with E-state index in [1.165, 1.54) is 0 Å². The lowest BCUT2D eigenvalue weighted by Crippen LogP contribution is -2.40. The van der Waals surface area contributed by atoms with Gasteiger partial charge < -0.3 is 15.8 Å². The standard InChI is InChI=1S/C30H37N5O3S.H3N.2H2/c1-20-8-6-9-21(2)27(20)25-17-26-32-29(31-25)33-39(37)24-11-7-10-22(16-24)28(36)35-15-14-34(13-12-30(3,4)5)18-23(19-35)38-26;;;/h6-11,16-17,23H,12-15,18-19H2,1-5H3,(H,31,32,33);1H3;2*1H. The van der Waals surface area contributed by atoms with Crippen molar-refractivity contribution in [2.45, 2.75) is 52.0 Å². The molecule has 0 saturated carbocycles. The number of carbonyl (C=O) groups excluding carboxylic acids is 1. The highest BCUT2D eigenvalue weighted by atomic mass is 32.2. The molecule has 0 aliphatic carbocycles. The molecule has 3 heterocycles. The second-order valence-corrected chi connectivity index (χ2v) is 12.9. The second kappa shape index (κ2) is 12.0. The molecule has 3 aromatic rings. The van der Waals surface area contributed by atoms with Crippen LogP contribution in [0.3, 0.4) is 0 Å². The van der Waals surface area contributed by atoms with Gasteiger partial charge in [-0.2, -0.15) is 4.98 Å². The lowest BCUT2D eigenvalue weighted by Gasteiger charge is -2.27. The fraction of sp³-hybridized carbons (Fsp3) is 0.433. The van der Waals surface area contributed by atoms with Crippen molar-refractivity contribution in [3.8, 4) is 17.1 Å². The molecule has 4 N–H and O–H groups in total. The van der Waals surface area contributed by atoms with E-state index < -0.39 is 11.0 Å². The van der Waals surface area contributed by atoms with Crippen molar-refractivity contribution in [1.82, 2.24) is 25.9 Å². The molecule has 9 nitrogen and oxygen atoms in total.